The van der Waals surface area contributed by atoms with Crippen molar-refractivity contribution in [3.63, 3.8) is 0 Å². The Morgan fingerprint density at radius 1 is 1.31 bits per heavy atom. The second kappa shape index (κ2) is 19.7. The van der Waals surface area contributed by atoms with Crippen molar-refractivity contribution in [1.29, 1.82) is 0 Å². The van der Waals surface area contributed by atoms with Crippen LogP contribution in [-0.4, -0.2) is 72.6 Å². The zero-order chi connectivity index (χ0) is 27.5. The van der Waals surface area contributed by atoms with Crippen molar-refractivity contribution in [1.82, 2.24) is 25.4 Å². The van der Waals surface area contributed by atoms with Crippen LogP contribution in [0.15, 0.2) is 59.6 Å². The van der Waals surface area contributed by atoms with Gasteiger partial charge in [0.2, 0.25) is 0 Å². The van der Waals surface area contributed by atoms with Gasteiger partial charge in [0, 0.05) is 26.3 Å². The molecule has 2 rings (SSSR count). The zero-order valence-electron chi connectivity index (χ0n) is 24.3. The number of aliphatic hydroxyl groups excluding tert-OH is 1. The molecule has 0 aliphatic heterocycles. The van der Waals surface area contributed by atoms with Crippen LogP contribution in [0.5, 0.6) is 0 Å². The number of amidine groups is 1. The summed E-state index contributed by atoms with van der Waals surface area (Å²) in [5, 5.41) is 16.3. The summed E-state index contributed by atoms with van der Waals surface area (Å²) in [5.74, 6) is 1.77. The van der Waals surface area contributed by atoms with Gasteiger partial charge in [0.1, 0.15) is 11.7 Å². The number of nitrogens with zero attached hydrogens (tertiary/aromatic N) is 4. The highest BCUT2D eigenvalue weighted by Crippen LogP contribution is 2.32. The van der Waals surface area contributed by atoms with Gasteiger partial charge < -0.3 is 20.6 Å². The summed E-state index contributed by atoms with van der Waals surface area (Å²) >= 11 is 0. The molecule has 36 heavy (non-hydrogen) atoms. The van der Waals surface area contributed by atoms with Crippen LogP contribution < -0.4 is 10.6 Å². The Labute approximate surface area is 221 Å². The van der Waals surface area contributed by atoms with E-state index in [1.54, 1.807) is 13.0 Å². The molecule has 1 heterocycles. The van der Waals surface area contributed by atoms with E-state index in [9.17, 15) is 5.11 Å². The lowest BCUT2D eigenvalue weighted by Crippen LogP contribution is -2.33. The third-order valence-corrected chi connectivity index (χ3v) is 5.68. The van der Waals surface area contributed by atoms with E-state index in [1.165, 1.54) is 11.3 Å². The summed E-state index contributed by atoms with van der Waals surface area (Å²) in [4.78, 5) is 13.8. The van der Waals surface area contributed by atoms with Gasteiger partial charge in [-0.15, -0.1) is 0 Å². The SMILES string of the molecule is C=C/C=C(/NCC)N(C)C(C)=N/C(=C/C(C)O)CN(C)[C@H]1CCCc2cccnc21.CC.CCNC. The summed E-state index contributed by atoms with van der Waals surface area (Å²) in [5.41, 5.74) is 3.35. The third-order valence-electron chi connectivity index (χ3n) is 5.68. The summed E-state index contributed by atoms with van der Waals surface area (Å²) < 4.78 is 0. The lowest BCUT2D eigenvalue weighted by molar-refractivity contribution is 0.225. The van der Waals surface area contributed by atoms with E-state index in [-0.39, 0.29) is 6.04 Å². The molecule has 3 N–H and O–H groups in total. The van der Waals surface area contributed by atoms with Gasteiger partial charge >= 0.3 is 0 Å². The van der Waals surface area contributed by atoms with E-state index in [0.717, 1.165) is 49.7 Å². The van der Waals surface area contributed by atoms with Crippen LogP contribution in [-0.2, 0) is 6.42 Å². The Bertz CT molecular complexity index is 829. The first-order valence-corrected chi connectivity index (χ1v) is 13.3. The Hall–Kier alpha value is -2.48. The molecule has 0 spiro atoms. The summed E-state index contributed by atoms with van der Waals surface area (Å²) in [6, 6.07) is 4.46. The predicted octanol–water partition coefficient (Wildman–Crippen LogP) is 4.89. The molecule has 7 heteroatoms. The normalized spacial score (nSPS) is 16.6. The van der Waals surface area contributed by atoms with Gasteiger partial charge in [0.15, 0.2) is 0 Å². The zero-order valence-corrected chi connectivity index (χ0v) is 24.3. The minimum absolute atomic E-state index is 0.263. The molecule has 0 radical (unpaired) electrons. The van der Waals surface area contributed by atoms with E-state index in [1.807, 2.05) is 64.2 Å². The van der Waals surface area contributed by atoms with Crippen LogP contribution in [0, 0.1) is 0 Å². The number of likely N-dealkylation sites (N-methyl/N-ethyl adjacent to an activating group) is 1. The number of aromatic nitrogens is 1. The number of hydrogen-bond acceptors (Lipinski definition) is 6. The number of rotatable bonds is 10. The molecular weight excluding hydrogens is 448 g/mol. The highest BCUT2D eigenvalue weighted by atomic mass is 16.3. The molecule has 1 aliphatic rings. The number of pyridine rings is 1. The number of fused-ring (bicyclic) bond motifs is 1. The first-order chi connectivity index (χ1) is 17.3. The van der Waals surface area contributed by atoms with Crippen molar-refractivity contribution in [3.05, 3.63) is 65.9 Å². The van der Waals surface area contributed by atoms with Crippen LogP contribution in [0.25, 0.3) is 0 Å². The van der Waals surface area contributed by atoms with E-state index >= 15 is 0 Å². The maximum absolute atomic E-state index is 10.0. The summed E-state index contributed by atoms with van der Waals surface area (Å²) in [6.45, 7) is 18.2. The van der Waals surface area contributed by atoms with Gasteiger partial charge in [-0.05, 0) is 84.5 Å². The fourth-order valence-corrected chi connectivity index (χ4v) is 3.82. The van der Waals surface area contributed by atoms with Crippen molar-refractivity contribution < 1.29 is 5.11 Å². The topological polar surface area (TPSA) is 76.0 Å². The highest BCUT2D eigenvalue weighted by Gasteiger charge is 2.25. The second-order valence-electron chi connectivity index (χ2n) is 8.51. The van der Waals surface area contributed by atoms with Crippen molar-refractivity contribution in [3.8, 4) is 0 Å². The molecule has 0 aromatic carbocycles. The maximum Gasteiger partial charge on any atom is 0.107 e. The van der Waals surface area contributed by atoms with Crippen molar-refractivity contribution in [2.75, 3.05) is 40.8 Å². The minimum Gasteiger partial charge on any atom is -0.389 e. The Morgan fingerprint density at radius 3 is 2.53 bits per heavy atom. The van der Waals surface area contributed by atoms with Gasteiger partial charge in [-0.1, -0.05) is 39.5 Å². The molecule has 1 aromatic rings. The van der Waals surface area contributed by atoms with Crippen molar-refractivity contribution in [2.24, 2.45) is 4.99 Å². The second-order valence-corrected chi connectivity index (χ2v) is 8.51. The van der Waals surface area contributed by atoms with Gasteiger partial charge in [-0.25, -0.2) is 4.99 Å². The van der Waals surface area contributed by atoms with E-state index in [0.29, 0.717) is 6.54 Å². The van der Waals surface area contributed by atoms with Crippen molar-refractivity contribution >= 4 is 5.84 Å². The fourth-order valence-electron chi connectivity index (χ4n) is 3.82. The molecule has 1 aromatic heterocycles. The molecule has 0 fully saturated rings. The lowest BCUT2D eigenvalue weighted by atomic mass is 9.91. The van der Waals surface area contributed by atoms with E-state index in [2.05, 4.69) is 54.1 Å². The highest BCUT2D eigenvalue weighted by molar-refractivity contribution is 5.82. The molecular formula is C29H52N6O. The van der Waals surface area contributed by atoms with Gasteiger partial charge in [0.05, 0.1) is 23.5 Å². The standard InChI is InChI=1S/C24H37N5O.C3H9N.C2H6/c1-7-11-23(25-8-2)29(6)19(4)27-21(16-18(3)30)17-28(5)22-14-9-12-20-13-10-15-26-24(20)22;1-3-4-2;1-2/h7,10-11,13,15-16,18,22,25,30H,1,8-9,12,14,17H2,2-6H3;4H,3H2,1-2H3;1-2H3/b21-16+,23-11-,27-19?;;/t18?,22-;;/m0../s1. The molecule has 1 unspecified atom stereocenters. The first kappa shape index (κ1) is 33.5. The molecule has 0 bridgehead atoms. The first-order valence-electron chi connectivity index (χ1n) is 13.3. The van der Waals surface area contributed by atoms with Crippen LogP contribution in [0.3, 0.4) is 0 Å². The molecule has 204 valence electrons. The average molecular weight is 501 g/mol. The molecule has 2 atom stereocenters. The van der Waals surface area contributed by atoms with Crippen LogP contribution in [0.4, 0.5) is 0 Å². The molecule has 1 aliphatic carbocycles. The van der Waals surface area contributed by atoms with E-state index < -0.39 is 6.10 Å². The summed E-state index contributed by atoms with van der Waals surface area (Å²) in [6.07, 6.45) is 10.2. The van der Waals surface area contributed by atoms with Crippen LogP contribution in [0.1, 0.15) is 71.7 Å². The van der Waals surface area contributed by atoms with Crippen molar-refractivity contribution in [2.45, 2.75) is 73.0 Å². The molecule has 0 amide bonds. The number of nitrogens with one attached hydrogen (secondary N) is 2. The predicted molar refractivity (Wildman–Crippen MR) is 156 cm³/mol. The number of aliphatic imine (C=N–C) groups is 1. The Morgan fingerprint density at radius 2 is 1.97 bits per heavy atom. The maximum atomic E-state index is 10.0. The molecule has 0 saturated heterocycles. The van der Waals surface area contributed by atoms with E-state index in [4.69, 9.17) is 4.99 Å². The van der Waals surface area contributed by atoms with Gasteiger partial charge in [-0.2, -0.15) is 0 Å². The van der Waals surface area contributed by atoms with Gasteiger partial charge in [-0.3, -0.25) is 9.88 Å². The monoisotopic (exact) mass is 500 g/mol. The van der Waals surface area contributed by atoms with Crippen LogP contribution >= 0.6 is 0 Å². The lowest BCUT2D eigenvalue weighted by Gasteiger charge is -2.32. The smallest absolute Gasteiger partial charge is 0.107 e. The number of allylic oxidation sites excluding steroid dienone is 2. The third kappa shape index (κ3) is 12.0. The largest absolute Gasteiger partial charge is 0.389 e. The number of aliphatic hydroxyl groups is 1. The van der Waals surface area contributed by atoms with Crippen LogP contribution in [0.2, 0.25) is 0 Å². The number of aryl methyl sites for hydroxylation is 1. The molecule has 7 nitrogen and oxygen atoms in total. The fraction of sp³-hybridized carbons (Fsp3) is 0.586. The summed E-state index contributed by atoms with van der Waals surface area (Å²) in [7, 11) is 6.02. The number of hydrogen-bond donors (Lipinski definition) is 3. The average Bonchev–Trinajstić information content (AvgIpc) is 2.88. The minimum atomic E-state index is -0.566. The molecule has 0 saturated carbocycles. The Balaban J connectivity index is 0.00000185. The van der Waals surface area contributed by atoms with Gasteiger partial charge in [0.25, 0.3) is 0 Å². The Kier molecular flexibility index (Phi) is 18.3. The quantitative estimate of drug-likeness (QED) is 0.241.